The van der Waals surface area contributed by atoms with Crippen LogP contribution in [0.2, 0.25) is 0 Å². The van der Waals surface area contributed by atoms with E-state index in [1.807, 2.05) is 18.7 Å². The predicted octanol–water partition coefficient (Wildman–Crippen LogP) is 2.28. The van der Waals surface area contributed by atoms with Crippen molar-refractivity contribution in [3.63, 3.8) is 0 Å². The van der Waals surface area contributed by atoms with Crippen LogP contribution in [-0.2, 0) is 0 Å². The quantitative estimate of drug-likeness (QED) is 0.848. The molecule has 1 fully saturated rings. The number of aromatic nitrogens is 1. The lowest BCUT2D eigenvalue weighted by Crippen LogP contribution is -2.45. The van der Waals surface area contributed by atoms with Crippen molar-refractivity contribution < 1.29 is 24.2 Å². The molecule has 146 valence electrons. The minimum absolute atomic E-state index is 0.0566. The van der Waals surface area contributed by atoms with Crippen molar-refractivity contribution in [3.8, 4) is 5.75 Å². The van der Waals surface area contributed by atoms with Gasteiger partial charge in [-0.1, -0.05) is 18.3 Å². The van der Waals surface area contributed by atoms with Gasteiger partial charge >= 0.3 is 5.97 Å². The molecule has 1 aliphatic heterocycles. The molecule has 0 aliphatic carbocycles. The minimum atomic E-state index is -1.49. The van der Waals surface area contributed by atoms with Crippen LogP contribution in [-0.4, -0.2) is 47.3 Å². The van der Waals surface area contributed by atoms with Gasteiger partial charge in [0.15, 0.2) is 5.75 Å². The molecule has 0 bridgehead atoms. The Morgan fingerprint density at radius 2 is 2.07 bits per heavy atom. The summed E-state index contributed by atoms with van der Waals surface area (Å²) in [6.45, 7) is 5.23. The van der Waals surface area contributed by atoms with Gasteiger partial charge in [-0.25, -0.2) is 4.79 Å². The number of pyridine rings is 1. The summed E-state index contributed by atoms with van der Waals surface area (Å²) in [7, 11) is 1.38. The standard InChI is InChI=1S/C19H23FN2O5/c1-10(2)12-8-21(7-6-15(12)23)14-5-4-11-16(18(14)27-3)22(20)9-13(17(11)24)19(25)26/h4-5,9-10,12,15,23H,6-8H2,1-3H3,(H,25,26). The number of hydrogen-bond donors (Lipinski definition) is 2. The topological polar surface area (TPSA) is 92.0 Å². The number of rotatable bonds is 4. The summed E-state index contributed by atoms with van der Waals surface area (Å²) < 4.78 is 20.0. The van der Waals surface area contributed by atoms with E-state index in [0.29, 0.717) is 31.4 Å². The van der Waals surface area contributed by atoms with Crippen LogP contribution >= 0.6 is 0 Å². The van der Waals surface area contributed by atoms with E-state index < -0.39 is 23.1 Å². The number of aromatic carboxylic acids is 1. The number of benzene rings is 1. The first-order valence-corrected chi connectivity index (χ1v) is 8.85. The fourth-order valence-corrected chi connectivity index (χ4v) is 3.78. The fourth-order valence-electron chi connectivity index (χ4n) is 3.78. The van der Waals surface area contributed by atoms with Crippen LogP contribution in [0.3, 0.4) is 0 Å². The molecule has 8 heteroatoms. The van der Waals surface area contributed by atoms with Gasteiger partial charge in [0.1, 0.15) is 11.1 Å². The second kappa shape index (κ2) is 7.19. The molecular formula is C19H23FN2O5. The number of methoxy groups -OCH3 is 1. The normalized spacial score (nSPS) is 20.3. The highest BCUT2D eigenvalue weighted by molar-refractivity contribution is 5.96. The number of ether oxygens (including phenoxy) is 1. The third kappa shape index (κ3) is 3.25. The second-order valence-corrected chi connectivity index (χ2v) is 7.21. The highest BCUT2D eigenvalue weighted by atomic mass is 19.2. The van der Waals surface area contributed by atoms with Gasteiger partial charge in [0.2, 0.25) is 5.43 Å². The van der Waals surface area contributed by atoms with Gasteiger partial charge < -0.3 is 19.8 Å². The molecule has 0 radical (unpaired) electrons. The van der Waals surface area contributed by atoms with E-state index in [4.69, 9.17) is 9.84 Å². The lowest BCUT2D eigenvalue weighted by Gasteiger charge is -2.40. The summed E-state index contributed by atoms with van der Waals surface area (Å²) in [5.41, 5.74) is -0.889. The van der Waals surface area contributed by atoms with E-state index in [1.54, 1.807) is 6.07 Å². The zero-order valence-corrected chi connectivity index (χ0v) is 15.5. The van der Waals surface area contributed by atoms with E-state index in [-0.39, 0.29) is 33.3 Å². The van der Waals surface area contributed by atoms with Crippen LogP contribution < -0.4 is 15.1 Å². The van der Waals surface area contributed by atoms with E-state index >= 15 is 0 Å². The first-order chi connectivity index (χ1) is 12.8. The number of halogens is 1. The maximum absolute atomic E-state index is 14.6. The van der Waals surface area contributed by atoms with Gasteiger partial charge in [0, 0.05) is 19.0 Å². The Bertz CT molecular complexity index is 940. The molecule has 2 aromatic rings. The average Bonchev–Trinajstić information content (AvgIpc) is 2.63. The Labute approximate surface area is 155 Å². The number of carboxylic acids is 1. The molecule has 2 atom stereocenters. The van der Waals surface area contributed by atoms with Gasteiger partial charge in [-0.05, 0) is 24.5 Å². The number of carboxylic acid groups (broad SMARTS) is 1. The largest absolute Gasteiger partial charge is 0.492 e. The van der Waals surface area contributed by atoms with Crippen molar-refractivity contribution in [2.75, 3.05) is 25.1 Å². The number of anilines is 1. The number of aliphatic hydroxyl groups excluding tert-OH is 1. The molecule has 1 aliphatic rings. The molecule has 7 nitrogen and oxygen atoms in total. The number of hydrogen-bond acceptors (Lipinski definition) is 5. The van der Waals surface area contributed by atoms with Crippen molar-refractivity contribution in [3.05, 3.63) is 34.1 Å². The summed E-state index contributed by atoms with van der Waals surface area (Å²) in [4.78, 5) is 25.7. The lowest BCUT2D eigenvalue weighted by molar-refractivity contribution is 0.0637. The SMILES string of the molecule is COc1c(N2CCC(O)C(C(C)C)C2)ccc2c(=O)c(C(=O)O)cn(F)c12. The molecule has 1 saturated heterocycles. The summed E-state index contributed by atoms with van der Waals surface area (Å²) in [6, 6.07) is 3.07. The number of carbonyl (C=O) groups is 1. The summed E-state index contributed by atoms with van der Waals surface area (Å²) >= 11 is 0. The summed E-state index contributed by atoms with van der Waals surface area (Å²) in [5, 5.41) is 19.3. The van der Waals surface area contributed by atoms with Crippen LogP contribution in [0.5, 0.6) is 5.75 Å². The minimum Gasteiger partial charge on any atom is -0.492 e. The zero-order chi connectivity index (χ0) is 19.9. The van der Waals surface area contributed by atoms with Crippen molar-refractivity contribution in [1.82, 2.24) is 4.79 Å². The molecule has 1 aromatic heterocycles. The van der Waals surface area contributed by atoms with Crippen molar-refractivity contribution in [2.45, 2.75) is 26.4 Å². The molecule has 1 aromatic carbocycles. The Hall–Kier alpha value is -2.61. The van der Waals surface area contributed by atoms with E-state index in [9.17, 15) is 19.2 Å². The Morgan fingerprint density at radius 1 is 1.37 bits per heavy atom. The first-order valence-electron chi connectivity index (χ1n) is 8.85. The van der Waals surface area contributed by atoms with Crippen molar-refractivity contribution in [2.24, 2.45) is 11.8 Å². The number of piperidine rings is 1. The molecule has 0 saturated carbocycles. The van der Waals surface area contributed by atoms with Crippen LogP contribution in [0.15, 0.2) is 23.1 Å². The lowest BCUT2D eigenvalue weighted by atomic mass is 9.85. The van der Waals surface area contributed by atoms with Gasteiger partial charge in [0.05, 0.1) is 30.5 Å². The molecule has 3 rings (SSSR count). The molecular weight excluding hydrogens is 355 g/mol. The maximum atomic E-state index is 14.6. The van der Waals surface area contributed by atoms with E-state index in [1.165, 1.54) is 13.2 Å². The molecule has 0 amide bonds. The van der Waals surface area contributed by atoms with Gasteiger partial charge in [0.25, 0.3) is 0 Å². The van der Waals surface area contributed by atoms with Crippen LogP contribution in [0.4, 0.5) is 10.2 Å². The molecule has 2 unspecified atom stereocenters. The van der Waals surface area contributed by atoms with E-state index in [0.717, 1.165) is 0 Å². The molecule has 0 spiro atoms. The Kier molecular flexibility index (Phi) is 5.10. The zero-order valence-electron chi connectivity index (χ0n) is 15.5. The average molecular weight is 378 g/mol. The fraction of sp³-hybridized carbons (Fsp3) is 0.474. The van der Waals surface area contributed by atoms with Gasteiger partial charge in [-0.3, -0.25) is 4.79 Å². The first kappa shape index (κ1) is 19.2. The van der Waals surface area contributed by atoms with E-state index in [2.05, 4.69) is 0 Å². The highest BCUT2D eigenvalue weighted by Gasteiger charge is 2.32. The van der Waals surface area contributed by atoms with Crippen molar-refractivity contribution in [1.29, 1.82) is 0 Å². The predicted molar refractivity (Wildman–Crippen MR) is 99.4 cm³/mol. The molecule has 2 N–H and O–H groups in total. The number of fused-ring (bicyclic) bond motifs is 1. The summed E-state index contributed by atoms with van der Waals surface area (Å²) in [6.07, 6.45) is 0.839. The Morgan fingerprint density at radius 3 is 2.67 bits per heavy atom. The Balaban J connectivity index is 2.16. The number of nitrogens with zero attached hydrogens (tertiary/aromatic N) is 2. The molecule has 27 heavy (non-hydrogen) atoms. The monoisotopic (exact) mass is 378 g/mol. The second-order valence-electron chi connectivity index (χ2n) is 7.21. The number of aliphatic hydroxyl groups is 1. The van der Waals surface area contributed by atoms with Crippen LogP contribution in [0.25, 0.3) is 10.9 Å². The highest BCUT2D eigenvalue weighted by Crippen LogP contribution is 2.38. The summed E-state index contributed by atoms with van der Waals surface area (Å²) in [5.74, 6) is -0.989. The van der Waals surface area contributed by atoms with Gasteiger partial charge in [-0.2, -0.15) is 4.79 Å². The molecule has 2 heterocycles. The van der Waals surface area contributed by atoms with Crippen molar-refractivity contribution >= 4 is 22.6 Å². The van der Waals surface area contributed by atoms with Gasteiger partial charge in [-0.15, -0.1) is 0 Å². The third-order valence-corrected chi connectivity index (χ3v) is 5.31. The van der Waals surface area contributed by atoms with Crippen LogP contribution in [0, 0.1) is 11.8 Å². The van der Waals surface area contributed by atoms with Crippen LogP contribution in [0.1, 0.15) is 30.6 Å². The maximum Gasteiger partial charge on any atom is 0.341 e. The smallest absolute Gasteiger partial charge is 0.341 e. The third-order valence-electron chi connectivity index (χ3n) is 5.31.